The van der Waals surface area contributed by atoms with Crippen LogP contribution in [0.15, 0.2) is 18.2 Å². The second kappa shape index (κ2) is 5.94. The Morgan fingerprint density at radius 3 is 2.88 bits per heavy atom. The molecule has 3 nitrogen and oxygen atoms in total. The molecule has 0 aliphatic rings. The Hall–Kier alpha value is -1.79. The predicted octanol–water partition coefficient (Wildman–Crippen LogP) is 0.730. The van der Waals surface area contributed by atoms with Crippen molar-refractivity contribution < 1.29 is 4.79 Å². The van der Waals surface area contributed by atoms with Gasteiger partial charge in [0.2, 0.25) is 5.91 Å². The van der Waals surface area contributed by atoms with E-state index in [1.807, 2.05) is 19.1 Å². The van der Waals surface area contributed by atoms with Gasteiger partial charge in [0.05, 0.1) is 13.1 Å². The second-order valence-electron chi connectivity index (χ2n) is 3.53. The van der Waals surface area contributed by atoms with Gasteiger partial charge in [0.1, 0.15) is 0 Å². The van der Waals surface area contributed by atoms with Gasteiger partial charge in [0.15, 0.2) is 0 Å². The van der Waals surface area contributed by atoms with Crippen molar-refractivity contribution in [2.45, 2.75) is 13.8 Å². The zero-order chi connectivity index (χ0) is 12.0. The molecule has 0 saturated heterocycles. The van der Waals surface area contributed by atoms with E-state index < -0.39 is 0 Å². The minimum atomic E-state index is -0.185. The summed E-state index contributed by atoms with van der Waals surface area (Å²) in [7, 11) is 0. The van der Waals surface area contributed by atoms with E-state index in [-0.39, 0.29) is 12.5 Å². The zero-order valence-electron chi connectivity index (χ0n) is 9.63. The van der Waals surface area contributed by atoms with Crippen LogP contribution in [-0.2, 0) is 4.79 Å². The minimum absolute atomic E-state index is 0.00511. The Kier molecular flexibility index (Phi) is 4.56. The molecule has 84 valence electrons. The van der Waals surface area contributed by atoms with E-state index in [4.69, 9.17) is 5.73 Å². The molecule has 1 rings (SSSR count). The molecule has 0 aliphatic heterocycles. The van der Waals surface area contributed by atoms with Crippen molar-refractivity contribution >= 4 is 5.91 Å². The van der Waals surface area contributed by atoms with Gasteiger partial charge in [-0.1, -0.05) is 24.0 Å². The first-order chi connectivity index (χ1) is 7.65. The molecule has 0 spiro atoms. The van der Waals surface area contributed by atoms with Crippen LogP contribution in [-0.4, -0.2) is 19.0 Å². The summed E-state index contributed by atoms with van der Waals surface area (Å²) >= 11 is 0. The first-order valence-electron chi connectivity index (χ1n) is 5.17. The van der Waals surface area contributed by atoms with Gasteiger partial charge in [-0.2, -0.15) is 0 Å². The van der Waals surface area contributed by atoms with Crippen molar-refractivity contribution in [2.75, 3.05) is 13.1 Å². The zero-order valence-corrected chi connectivity index (χ0v) is 9.63. The van der Waals surface area contributed by atoms with Gasteiger partial charge >= 0.3 is 0 Å². The van der Waals surface area contributed by atoms with Crippen molar-refractivity contribution in [3.05, 3.63) is 34.9 Å². The summed E-state index contributed by atoms with van der Waals surface area (Å²) in [6.45, 7) is 4.43. The summed E-state index contributed by atoms with van der Waals surface area (Å²) in [5.74, 6) is 5.74. The number of nitrogens with two attached hydrogens (primary N) is 1. The maximum Gasteiger partial charge on any atom is 0.234 e. The number of amides is 1. The van der Waals surface area contributed by atoms with Gasteiger partial charge in [-0.05, 0) is 31.0 Å². The van der Waals surface area contributed by atoms with Crippen LogP contribution in [0.5, 0.6) is 0 Å². The molecule has 0 unspecified atom stereocenters. The lowest BCUT2D eigenvalue weighted by Crippen LogP contribution is -2.30. The van der Waals surface area contributed by atoms with Gasteiger partial charge in [-0.3, -0.25) is 4.79 Å². The third-order valence-corrected chi connectivity index (χ3v) is 2.39. The summed E-state index contributed by atoms with van der Waals surface area (Å²) in [5, 5.41) is 2.60. The summed E-state index contributed by atoms with van der Waals surface area (Å²) in [5.41, 5.74) is 8.55. The van der Waals surface area contributed by atoms with Crippen LogP contribution < -0.4 is 11.1 Å². The highest BCUT2D eigenvalue weighted by Crippen LogP contribution is 2.10. The molecular formula is C13H16N2O. The molecule has 0 atom stereocenters. The monoisotopic (exact) mass is 216 g/mol. The average Bonchev–Trinajstić information content (AvgIpc) is 2.29. The van der Waals surface area contributed by atoms with Crippen molar-refractivity contribution in [1.82, 2.24) is 5.32 Å². The Bertz CT molecular complexity index is 441. The number of nitrogens with one attached hydrogen (secondary N) is 1. The number of aryl methyl sites for hydroxylation is 1. The third kappa shape index (κ3) is 3.41. The molecule has 3 N–H and O–H groups in total. The lowest BCUT2D eigenvalue weighted by Gasteiger charge is -2.01. The van der Waals surface area contributed by atoms with E-state index in [0.29, 0.717) is 6.54 Å². The average molecular weight is 216 g/mol. The molecule has 0 heterocycles. The molecule has 1 amide bonds. The van der Waals surface area contributed by atoms with Crippen LogP contribution in [0.2, 0.25) is 0 Å². The highest BCUT2D eigenvalue weighted by atomic mass is 16.1. The molecule has 1 aromatic carbocycles. The normalized spacial score (nSPS) is 9.19. The van der Waals surface area contributed by atoms with Crippen LogP contribution in [0.3, 0.4) is 0 Å². The van der Waals surface area contributed by atoms with E-state index in [9.17, 15) is 4.79 Å². The lowest BCUT2D eigenvalue weighted by atomic mass is 10.0. The fraction of sp³-hybridized carbons (Fsp3) is 0.308. The molecule has 0 saturated carbocycles. The quantitative estimate of drug-likeness (QED) is 0.716. The van der Waals surface area contributed by atoms with E-state index in [1.54, 1.807) is 0 Å². The topological polar surface area (TPSA) is 55.1 Å². The van der Waals surface area contributed by atoms with E-state index in [2.05, 4.69) is 30.1 Å². The van der Waals surface area contributed by atoms with Crippen LogP contribution in [0.1, 0.15) is 16.7 Å². The summed E-state index contributed by atoms with van der Waals surface area (Å²) in [6, 6.07) is 6.00. The van der Waals surface area contributed by atoms with Crippen LogP contribution in [0.25, 0.3) is 0 Å². The molecule has 3 heteroatoms. The van der Waals surface area contributed by atoms with E-state index in [0.717, 1.165) is 5.56 Å². The van der Waals surface area contributed by atoms with E-state index in [1.165, 1.54) is 11.1 Å². The van der Waals surface area contributed by atoms with Crippen LogP contribution in [0, 0.1) is 25.7 Å². The van der Waals surface area contributed by atoms with Crippen LogP contribution >= 0.6 is 0 Å². The SMILES string of the molecule is Cc1cccc(C#CCNC(=O)CN)c1C. The predicted molar refractivity (Wildman–Crippen MR) is 64.9 cm³/mol. The standard InChI is InChI=1S/C13H16N2O/c1-10-5-3-6-12(11(10)2)7-4-8-15-13(16)9-14/h3,5-6H,8-9,14H2,1-2H3,(H,15,16). The van der Waals surface area contributed by atoms with E-state index >= 15 is 0 Å². The van der Waals surface area contributed by atoms with Gasteiger partial charge in [0.25, 0.3) is 0 Å². The fourth-order valence-corrected chi connectivity index (χ4v) is 1.24. The highest BCUT2D eigenvalue weighted by Gasteiger charge is 1.96. The smallest absolute Gasteiger partial charge is 0.234 e. The first-order valence-corrected chi connectivity index (χ1v) is 5.17. The van der Waals surface area contributed by atoms with Crippen molar-refractivity contribution in [3.63, 3.8) is 0 Å². The van der Waals surface area contributed by atoms with Gasteiger partial charge in [-0.15, -0.1) is 0 Å². The Morgan fingerprint density at radius 2 is 2.19 bits per heavy atom. The Morgan fingerprint density at radius 1 is 1.44 bits per heavy atom. The first kappa shape index (κ1) is 12.3. The molecule has 0 aliphatic carbocycles. The molecule has 0 radical (unpaired) electrons. The molecule has 0 aromatic heterocycles. The maximum absolute atomic E-state index is 10.8. The van der Waals surface area contributed by atoms with Crippen molar-refractivity contribution in [3.8, 4) is 11.8 Å². The highest BCUT2D eigenvalue weighted by molar-refractivity contribution is 5.77. The number of carbonyl (C=O) groups excluding carboxylic acids is 1. The minimum Gasteiger partial charge on any atom is -0.344 e. The number of carbonyl (C=O) groups is 1. The van der Waals surface area contributed by atoms with Gasteiger partial charge < -0.3 is 11.1 Å². The largest absolute Gasteiger partial charge is 0.344 e. The number of hydrogen-bond acceptors (Lipinski definition) is 2. The van der Waals surface area contributed by atoms with Crippen LogP contribution in [0.4, 0.5) is 0 Å². The molecule has 0 bridgehead atoms. The Labute approximate surface area is 96.0 Å². The third-order valence-electron chi connectivity index (χ3n) is 2.39. The maximum atomic E-state index is 10.8. The van der Waals surface area contributed by atoms with Gasteiger partial charge in [0, 0.05) is 5.56 Å². The molecule has 1 aromatic rings. The number of hydrogen-bond donors (Lipinski definition) is 2. The van der Waals surface area contributed by atoms with Crippen molar-refractivity contribution in [1.29, 1.82) is 0 Å². The summed E-state index contributed by atoms with van der Waals surface area (Å²) < 4.78 is 0. The Balaban J connectivity index is 2.63. The second-order valence-corrected chi connectivity index (χ2v) is 3.53. The molecule has 16 heavy (non-hydrogen) atoms. The van der Waals surface area contributed by atoms with Crippen molar-refractivity contribution in [2.24, 2.45) is 5.73 Å². The molecular weight excluding hydrogens is 200 g/mol. The summed E-state index contributed by atoms with van der Waals surface area (Å²) in [4.78, 5) is 10.8. The number of benzene rings is 1. The van der Waals surface area contributed by atoms with Gasteiger partial charge in [-0.25, -0.2) is 0 Å². The molecule has 0 fully saturated rings. The summed E-state index contributed by atoms with van der Waals surface area (Å²) in [6.07, 6.45) is 0. The number of rotatable bonds is 2. The lowest BCUT2D eigenvalue weighted by molar-refractivity contribution is -0.119. The fourth-order valence-electron chi connectivity index (χ4n) is 1.24.